The molecule has 19 heavy (non-hydrogen) atoms. The van der Waals surface area contributed by atoms with Gasteiger partial charge in [-0.25, -0.2) is 9.82 Å². The maximum Gasteiger partial charge on any atom is 0.126 e. The lowest BCUT2D eigenvalue weighted by Gasteiger charge is -2.18. The van der Waals surface area contributed by atoms with Crippen molar-refractivity contribution in [1.82, 2.24) is 5.43 Å². The molecule has 0 aliphatic heterocycles. The van der Waals surface area contributed by atoms with Crippen LogP contribution in [0.3, 0.4) is 0 Å². The monoisotopic (exact) mass is 278 g/mol. The van der Waals surface area contributed by atoms with E-state index in [9.17, 15) is 4.39 Å². The highest BCUT2D eigenvalue weighted by atomic mass is 35.5. The lowest BCUT2D eigenvalue weighted by molar-refractivity contribution is 0.599. The van der Waals surface area contributed by atoms with E-state index < -0.39 is 0 Å². The molecule has 0 radical (unpaired) electrons. The highest BCUT2D eigenvalue weighted by molar-refractivity contribution is 6.31. The highest BCUT2D eigenvalue weighted by Crippen LogP contribution is 2.26. The van der Waals surface area contributed by atoms with Crippen molar-refractivity contribution in [1.29, 1.82) is 0 Å². The Morgan fingerprint density at radius 1 is 1.05 bits per heavy atom. The van der Waals surface area contributed by atoms with Crippen molar-refractivity contribution < 1.29 is 4.39 Å². The summed E-state index contributed by atoms with van der Waals surface area (Å²) < 4.78 is 13.6. The van der Waals surface area contributed by atoms with Gasteiger partial charge in [0.25, 0.3) is 0 Å². The highest BCUT2D eigenvalue weighted by Gasteiger charge is 2.14. The van der Waals surface area contributed by atoms with E-state index in [0.717, 1.165) is 16.7 Å². The smallest absolute Gasteiger partial charge is 0.126 e. The van der Waals surface area contributed by atoms with E-state index in [-0.39, 0.29) is 11.9 Å². The molecule has 1 unspecified atom stereocenters. The minimum atomic E-state index is -0.258. The first-order chi connectivity index (χ1) is 9.02. The van der Waals surface area contributed by atoms with Crippen LogP contribution in [0.2, 0.25) is 5.02 Å². The standard InChI is InChI=1S/C15H16ClFN2/c1-9-3-4-12(8-14(9)17)15(19-18)11-5-6-13(16)10(2)7-11/h3-8,15,19H,18H2,1-2H3. The largest absolute Gasteiger partial charge is 0.271 e. The summed E-state index contributed by atoms with van der Waals surface area (Å²) in [5, 5.41) is 0.703. The first-order valence-corrected chi connectivity index (χ1v) is 6.39. The van der Waals surface area contributed by atoms with Gasteiger partial charge >= 0.3 is 0 Å². The predicted molar refractivity (Wildman–Crippen MR) is 76.5 cm³/mol. The normalized spacial score (nSPS) is 12.5. The molecule has 0 amide bonds. The molecule has 100 valence electrons. The summed E-state index contributed by atoms with van der Waals surface area (Å²) >= 11 is 6.01. The molecule has 0 saturated heterocycles. The third-order valence-corrected chi connectivity index (χ3v) is 3.64. The number of hydrogen-bond donors (Lipinski definition) is 2. The minimum Gasteiger partial charge on any atom is -0.271 e. The van der Waals surface area contributed by atoms with Crippen molar-refractivity contribution in [2.24, 2.45) is 5.84 Å². The summed E-state index contributed by atoms with van der Waals surface area (Å²) in [6, 6.07) is 10.5. The van der Waals surface area contributed by atoms with Crippen LogP contribution in [-0.2, 0) is 0 Å². The number of rotatable bonds is 3. The van der Waals surface area contributed by atoms with Gasteiger partial charge < -0.3 is 0 Å². The minimum absolute atomic E-state index is 0.233. The van der Waals surface area contributed by atoms with Gasteiger partial charge in [0.05, 0.1) is 6.04 Å². The fourth-order valence-corrected chi connectivity index (χ4v) is 2.14. The van der Waals surface area contributed by atoms with Gasteiger partial charge in [-0.1, -0.05) is 35.9 Å². The molecule has 0 heterocycles. The van der Waals surface area contributed by atoms with Crippen molar-refractivity contribution in [3.05, 3.63) is 69.5 Å². The molecular weight excluding hydrogens is 263 g/mol. The lowest BCUT2D eigenvalue weighted by Crippen LogP contribution is -2.29. The molecule has 2 nitrogen and oxygen atoms in total. The van der Waals surface area contributed by atoms with E-state index >= 15 is 0 Å². The van der Waals surface area contributed by atoms with Gasteiger partial charge in [-0.3, -0.25) is 5.84 Å². The lowest BCUT2D eigenvalue weighted by atomic mass is 9.97. The Kier molecular flexibility index (Phi) is 4.20. The molecule has 0 saturated carbocycles. The number of benzene rings is 2. The Hall–Kier alpha value is -1.42. The number of hydrazine groups is 1. The summed E-state index contributed by atoms with van der Waals surface area (Å²) in [5.74, 6) is 5.37. The Bertz CT molecular complexity index is 547. The molecule has 4 heteroatoms. The van der Waals surface area contributed by atoms with E-state index in [1.165, 1.54) is 6.07 Å². The average molecular weight is 279 g/mol. The van der Waals surface area contributed by atoms with E-state index in [0.29, 0.717) is 10.6 Å². The zero-order chi connectivity index (χ0) is 14.0. The zero-order valence-corrected chi connectivity index (χ0v) is 11.6. The van der Waals surface area contributed by atoms with Crippen LogP contribution in [-0.4, -0.2) is 0 Å². The third-order valence-electron chi connectivity index (χ3n) is 3.21. The van der Waals surface area contributed by atoms with E-state index in [2.05, 4.69) is 5.43 Å². The molecule has 0 spiro atoms. The van der Waals surface area contributed by atoms with Crippen LogP contribution in [0.25, 0.3) is 0 Å². The second kappa shape index (κ2) is 5.70. The molecule has 0 aliphatic carbocycles. The van der Waals surface area contributed by atoms with Crippen molar-refractivity contribution >= 4 is 11.6 Å². The molecule has 0 bridgehead atoms. The van der Waals surface area contributed by atoms with E-state index in [4.69, 9.17) is 17.4 Å². The van der Waals surface area contributed by atoms with Crippen LogP contribution < -0.4 is 11.3 Å². The summed E-state index contributed by atoms with van der Waals surface area (Å²) in [4.78, 5) is 0. The van der Waals surface area contributed by atoms with Gasteiger partial charge in [-0.2, -0.15) is 0 Å². The molecule has 2 aromatic rings. The molecule has 0 aromatic heterocycles. The van der Waals surface area contributed by atoms with Crippen molar-refractivity contribution in [3.63, 3.8) is 0 Å². The van der Waals surface area contributed by atoms with Crippen LogP contribution in [0.1, 0.15) is 28.3 Å². The zero-order valence-electron chi connectivity index (χ0n) is 10.9. The van der Waals surface area contributed by atoms with Crippen molar-refractivity contribution in [2.75, 3.05) is 0 Å². The second-order valence-electron chi connectivity index (χ2n) is 4.62. The van der Waals surface area contributed by atoms with Crippen LogP contribution in [0.4, 0.5) is 4.39 Å². The first kappa shape index (κ1) is 14.0. The fourth-order valence-electron chi connectivity index (χ4n) is 2.02. The maximum atomic E-state index is 13.6. The Labute approximate surface area is 117 Å². The Balaban J connectivity index is 2.43. The molecule has 2 aromatic carbocycles. The van der Waals surface area contributed by atoms with E-state index in [1.807, 2.05) is 31.2 Å². The van der Waals surface area contributed by atoms with E-state index in [1.54, 1.807) is 13.0 Å². The van der Waals surface area contributed by atoms with Gasteiger partial charge in [-0.05, 0) is 48.2 Å². The third kappa shape index (κ3) is 2.95. The van der Waals surface area contributed by atoms with Gasteiger partial charge in [-0.15, -0.1) is 0 Å². The summed E-state index contributed by atoms with van der Waals surface area (Å²) in [7, 11) is 0. The first-order valence-electron chi connectivity index (χ1n) is 6.01. The van der Waals surface area contributed by atoms with Gasteiger partial charge in [0.2, 0.25) is 0 Å². The maximum absolute atomic E-state index is 13.6. The number of hydrogen-bond acceptors (Lipinski definition) is 2. The number of nitrogens with two attached hydrogens (primary N) is 1. The predicted octanol–water partition coefficient (Wildman–Crippen LogP) is 3.65. The fraction of sp³-hybridized carbons (Fsp3) is 0.200. The molecule has 0 aliphatic rings. The summed E-state index contributed by atoms with van der Waals surface area (Å²) in [5.41, 5.74) is 6.04. The SMILES string of the molecule is Cc1ccc(C(NN)c2ccc(Cl)c(C)c2)cc1F. The molecule has 3 N–H and O–H groups in total. The van der Waals surface area contributed by atoms with Gasteiger partial charge in [0.15, 0.2) is 0 Å². The van der Waals surface area contributed by atoms with Crippen molar-refractivity contribution in [3.8, 4) is 0 Å². The quantitative estimate of drug-likeness (QED) is 0.664. The van der Waals surface area contributed by atoms with Crippen LogP contribution >= 0.6 is 11.6 Å². The van der Waals surface area contributed by atoms with Crippen LogP contribution in [0, 0.1) is 19.7 Å². The van der Waals surface area contributed by atoms with Gasteiger partial charge in [0.1, 0.15) is 5.82 Å². The second-order valence-corrected chi connectivity index (χ2v) is 5.02. The number of aryl methyl sites for hydroxylation is 2. The van der Waals surface area contributed by atoms with Crippen LogP contribution in [0.15, 0.2) is 36.4 Å². The number of nitrogens with one attached hydrogen (secondary N) is 1. The molecule has 1 atom stereocenters. The topological polar surface area (TPSA) is 38.0 Å². The van der Waals surface area contributed by atoms with Crippen molar-refractivity contribution in [2.45, 2.75) is 19.9 Å². The Morgan fingerprint density at radius 3 is 2.26 bits per heavy atom. The summed E-state index contributed by atoms with van der Waals surface area (Å²) in [6.07, 6.45) is 0. The van der Waals surface area contributed by atoms with Gasteiger partial charge in [0, 0.05) is 5.02 Å². The molecular formula is C15H16ClFN2. The Morgan fingerprint density at radius 2 is 1.68 bits per heavy atom. The van der Waals surface area contributed by atoms with Crippen LogP contribution in [0.5, 0.6) is 0 Å². The average Bonchev–Trinajstić information content (AvgIpc) is 2.39. The molecule has 2 rings (SSSR count). The number of halogens is 2. The summed E-state index contributed by atoms with van der Waals surface area (Å²) in [6.45, 7) is 3.66. The molecule has 0 fully saturated rings.